The first-order valence-electron chi connectivity index (χ1n) is 6.38. The second-order valence-electron chi connectivity index (χ2n) is 4.41. The maximum Gasteiger partial charge on any atom is 0.349 e. The van der Waals surface area contributed by atoms with Gasteiger partial charge in [0, 0.05) is 10.4 Å². The van der Waals surface area contributed by atoms with E-state index < -0.39 is 11.9 Å². The highest BCUT2D eigenvalue weighted by Gasteiger charge is 2.16. The molecule has 0 spiro atoms. The molecule has 0 atom stereocenters. The molecule has 1 heterocycles. The van der Waals surface area contributed by atoms with Crippen molar-refractivity contribution in [2.24, 2.45) is 5.73 Å². The number of carboxylic acid groups (broad SMARTS) is 1. The van der Waals surface area contributed by atoms with Crippen molar-refractivity contribution in [3.05, 3.63) is 51.2 Å². The van der Waals surface area contributed by atoms with Gasteiger partial charge in [0.25, 0.3) is 0 Å². The molecule has 110 valence electrons. The number of carbonyl (C=O) groups excluding carboxylic acids is 1. The maximum atomic E-state index is 11.2. The van der Waals surface area contributed by atoms with E-state index in [2.05, 4.69) is 0 Å². The number of hydrogen-bond donors (Lipinski definition) is 2. The molecule has 21 heavy (non-hydrogen) atoms. The Morgan fingerprint density at radius 2 is 1.95 bits per heavy atom. The molecule has 0 bridgehead atoms. The molecule has 0 saturated heterocycles. The Morgan fingerprint density at radius 1 is 1.29 bits per heavy atom. The van der Waals surface area contributed by atoms with Crippen LogP contribution in [0.25, 0.3) is 0 Å². The number of hydrogen-bond acceptors (Lipinski definition) is 4. The molecule has 6 heteroatoms. The highest BCUT2D eigenvalue weighted by Crippen LogP contribution is 2.30. The minimum atomic E-state index is -0.987. The Balaban J connectivity index is 2.10. The topological polar surface area (TPSA) is 89.6 Å². The number of amides is 1. The summed E-state index contributed by atoms with van der Waals surface area (Å²) in [5.74, 6) is -1.09. The summed E-state index contributed by atoms with van der Waals surface area (Å²) in [6, 6.07) is 8.45. The molecule has 2 rings (SSSR count). The quantitative estimate of drug-likeness (QED) is 0.858. The summed E-state index contributed by atoms with van der Waals surface area (Å²) in [6.45, 7) is 2.20. The van der Waals surface area contributed by atoms with Gasteiger partial charge in [-0.3, -0.25) is 4.79 Å². The fourth-order valence-corrected chi connectivity index (χ4v) is 2.66. The Labute approximate surface area is 126 Å². The van der Waals surface area contributed by atoms with E-state index in [4.69, 9.17) is 15.6 Å². The lowest BCUT2D eigenvalue weighted by Crippen LogP contribution is -2.10. The normalized spacial score (nSPS) is 10.3. The maximum absolute atomic E-state index is 11.2. The summed E-state index contributed by atoms with van der Waals surface area (Å²) in [4.78, 5) is 23.3. The minimum absolute atomic E-state index is 0.209. The molecule has 1 amide bonds. The average Bonchev–Trinajstić information content (AvgIpc) is 2.89. The predicted molar refractivity (Wildman–Crippen MR) is 79.9 cm³/mol. The monoisotopic (exact) mass is 305 g/mol. The van der Waals surface area contributed by atoms with Gasteiger partial charge in [-0.2, -0.15) is 0 Å². The molecule has 0 radical (unpaired) electrons. The van der Waals surface area contributed by atoms with Crippen molar-refractivity contribution in [2.75, 3.05) is 0 Å². The first-order chi connectivity index (χ1) is 10.0. The van der Waals surface area contributed by atoms with Crippen molar-refractivity contribution < 1.29 is 19.4 Å². The zero-order chi connectivity index (χ0) is 15.4. The standard InChI is InChI=1S/C15H15NO4S/c1-2-11-7-12(13(21-11)15(18)19)20-8-9-3-5-10(6-4-9)14(16)17/h3-7H,2,8H2,1H3,(H2,16,17)(H,18,19). The average molecular weight is 305 g/mol. The van der Waals surface area contributed by atoms with Crippen molar-refractivity contribution in [1.29, 1.82) is 0 Å². The van der Waals surface area contributed by atoms with E-state index in [0.29, 0.717) is 11.3 Å². The summed E-state index contributed by atoms with van der Waals surface area (Å²) in [6.07, 6.45) is 0.765. The number of nitrogens with two attached hydrogens (primary N) is 1. The number of thiophene rings is 1. The molecule has 0 aliphatic heterocycles. The molecule has 0 saturated carbocycles. The number of benzene rings is 1. The van der Waals surface area contributed by atoms with Gasteiger partial charge in [-0.1, -0.05) is 19.1 Å². The highest BCUT2D eigenvalue weighted by atomic mass is 32.1. The van der Waals surface area contributed by atoms with Crippen molar-refractivity contribution in [1.82, 2.24) is 0 Å². The number of rotatable bonds is 6. The van der Waals surface area contributed by atoms with Crippen LogP contribution in [0.4, 0.5) is 0 Å². The van der Waals surface area contributed by atoms with Crippen molar-refractivity contribution >= 4 is 23.2 Å². The summed E-state index contributed by atoms with van der Waals surface area (Å²) in [5, 5.41) is 9.15. The Morgan fingerprint density at radius 3 is 2.48 bits per heavy atom. The van der Waals surface area contributed by atoms with Crippen LogP contribution in [-0.2, 0) is 13.0 Å². The van der Waals surface area contributed by atoms with Crippen LogP contribution in [0.2, 0.25) is 0 Å². The van der Waals surface area contributed by atoms with E-state index in [-0.39, 0.29) is 11.5 Å². The smallest absolute Gasteiger partial charge is 0.349 e. The zero-order valence-electron chi connectivity index (χ0n) is 11.5. The van der Waals surface area contributed by atoms with Crippen LogP contribution in [0.3, 0.4) is 0 Å². The molecule has 0 fully saturated rings. The van der Waals surface area contributed by atoms with Crippen LogP contribution in [0.1, 0.15) is 37.4 Å². The highest BCUT2D eigenvalue weighted by molar-refractivity contribution is 7.14. The molecule has 2 aromatic rings. The molecule has 1 aromatic heterocycles. The van der Waals surface area contributed by atoms with Gasteiger partial charge in [-0.25, -0.2) is 4.79 Å². The minimum Gasteiger partial charge on any atom is -0.487 e. The third-order valence-electron chi connectivity index (χ3n) is 2.92. The van der Waals surface area contributed by atoms with Gasteiger partial charge < -0.3 is 15.6 Å². The van der Waals surface area contributed by atoms with Crippen molar-refractivity contribution in [2.45, 2.75) is 20.0 Å². The van der Waals surface area contributed by atoms with Crippen LogP contribution >= 0.6 is 11.3 Å². The Hall–Kier alpha value is -2.34. The second kappa shape index (κ2) is 6.41. The lowest BCUT2D eigenvalue weighted by atomic mass is 10.1. The number of carbonyl (C=O) groups is 2. The van der Waals surface area contributed by atoms with E-state index in [0.717, 1.165) is 16.9 Å². The van der Waals surface area contributed by atoms with Crippen LogP contribution < -0.4 is 10.5 Å². The molecular weight excluding hydrogens is 290 g/mol. The van der Waals surface area contributed by atoms with E-state index in [1.807, 2.05) is 6.92 Å². The first kappa shape index (κ1) is 15.1. The van der Waals surface area contributed by atoms with E-state index in [1.165, 1.54) is 11.3 Å². The van der Waals surface area contributed by atoms with E-state index in [1.54, 1.807) is 30.3 Å². The third kappa shape index (κ3) is 3.61. The molecule has 1 aromatic carbocycles. The van der Waals surface area contributed by atoms with Gasteiger partial charge in [0.1, 0.15) is 12.4 Å². The van der Waals surface area contributed by atoms with Gasteiger partial charge >= 0.3 is 5.97 Å². The number of ether oxygens (including phenoxy) is 1. The molecule has 3 N–H and O–H groups in total. The van der Waals surface area contributed by atoms with Crippen molar-refractivity contribution in [3.8, 4) is 5.75 Å². The number of carboxylic acids is 1. The number of primary amides is 1. The van der Waals surface area contributed by atoms with Gasteiger partial charge in [-0.05, 0) is 30.2 Å². The fraction of sp³-hybridized carbons (Fsp3) is 0.200. The molecule has 5 nitrogen and oxygen atoms in total. The van der Waals surface area contributed by atoms with Gasteiger partial charge in [0.15, 0.2) is 4.88 Å². The van der Waals surface area contributed by atoms with Crippen LogP contribution in [0, 0.1) is 0 Å². The molecule has 0 aliphatic carbocycles. The van der Waals surface area contributed by atoms with E-state index >= 15 is 0 Å². The second-order valence-corrected chi connectivity index (χ2v) is 5.55. The van der Waals surface area contributed by atoms with Crippen LogP contribution in [0.15, 0.2) is 30.3 Å². The Kier molecular flexibility index (Phi) is 4.59. The lowest BCUT2D eigenvalue weighted by Gasteiger charge is -2.06. The number of aryl methyl sites for hydroxylation is 1. The molecular formula is C15H15NO4S. The first-order valence-corrected chi connectivity index (χ1v) is 7.20. The number of aromatic carboxylic acids is 1. The van der Waals surface area contributed by atoms with Gasteiger partial charge in [-0.15, -0.1) is 11.3 Å². The largest absolute Gasteiger partial charge is 0.487 e. The summed E-state index contributed by atoms with van der Waals surface area (Å²) in [7, 11) is 0. The predicted octanol–water partition coefficient (Wildman–Crippen LogP) is 2.69. The summed E-state index contributed by atoms with van der Waals surface area (Å²) in [5.41, 5.74) is 6.42. The van der Waals surface area contributed by atoms with Gasteiger partial charge in [0.05, 0.1) is 0 Å². The summed E-state index contributed by atoms with van der Waals surface area (Å²) >= 11 is 1.22. The summed E-state index contributed by atoms with van der Waals surface area (Å²) < 4.78 is 5.58. The third-order valence-corrected chi connectivity index (χ3v) is 4.17. The van der Waals surface area contributed by atoms with Crippen LogP contribution in [-0.4, -0.2) is 17.0 Å². The van der Waals surface area contributed by atoms with Crippen molar-refractivity contribution in [3.63, 3.8) is 0 Å². The Bertz CT molecular complexity index is 661. The fourth-order valence-electron chi connectivity index (χ4n) is 1.78. The van der Waals surface area contributed by atoms with Crippen LogP contribution in [0.5, 0.6) is 5.75 Å². The SMILES string of the molecule is CCc1cc(OCc2ccc(C(N)=O)cc2)c(C(=O)O)s1. The molecule has 0 aliphatic rings. The lowest BCUT2D eigenvalue weighted by molar-refractivity contribution is 0.0697. The van der Waals surface area contributed by atoms with Gasteiger partial charge in [0.2, 0.25) is 5.91 Å². The molecule has 0 unspecified atom stereocenters. The van der Waals surface area contributed by atoms with E-state index in [9.17, 15) is 9.59 Å². The zero-order valence-corrected chi connectivity index (χ0v) is 12.3.